The van der Waals surface area contributed by atoms with Crippen LogP contribution in [0.25, 0.3) is 0 Å². The number of thioether (sulfide) groups is 1. The molecule has 118 valence electrons. The normalized spacial score (nSPS) is 20.8. The second-order valence-corrected chi connectivity index (χ2v) is 8.52. The smallest absolute Gasteiger partial charge is 0.224 e. The first kappa shape index (κ1) is 16.5. The average molecular weight is 309 g/mol. The van der Waals surface area contributed by atoms with Crippen molar-refractivity contribution in [3.63, 3.8) is 0 Å². The third kappa shape index (κ3) is 4.53. The molecule has 2 rings (SSSR count). The Morgan fingerprint density at radius 3 is 2.76 bits per heavy atom. The van der Waals surface area contributed by atoms with Gasteiger partial charge in [-0.05, 0) is 36.8 Å². The number of hydrogen-bond acceptors (Lipinski definition) is 3. The molecule has 1 aromatic rings. The van der Waals surface area contributed by atoms with Crippen molar-refractivity contribution in [3.8, 4) is 0 Å². The van der Waals surface area contributed by atoms with E-state index < -0.39 is 0 Å². The van der Waals surface area contributed by atoms with Gasteiger partial charge in [-0.25, -0.2) is 0 Å². The van der Waals surface area contributed by atoms with Gasteiger partial charge < -0.3 is 9.32 Å². The SMILES string of the molecule is Cc1ccc([C@H]2SCCN2C(=O)C[C@H](C)CC(C)(C)C)o1. The maximum Gasteiger partial charge on any atom is 0.224 e. The average Bonchev–Trinajstić information content (AvgIpc) is 2.93. The number of furan rings is 1. The lowest BCUT2D eigenvalue weighted by Gasteiger charge is -2.26. The Morgan fingerprint density at radius 2 is 2.19 bits per heavy atom. The lowest BCUT2D eigenvalue weighted by molar-refractivity contribution is -0.132. The second kappa shape index (κ2) is 6.47. The number of carbonyl (C=O) groups is 1. The second-order valence-electron chi connectivity index (χ2n) is 7.33. The van der Waals surface area contributed by atoms with E-state index in [0.29, 0.717) is 12.3 Å². The minimum atomic E-state index is 0.0630. The Balaban J connectivity index is 1.98. The molecule has 21 heavy (non-hydrogen) atoms. The minimum absolute atomic E-state index is 0.0630. The number of rotatable bonds is 4. The van der Waals surface area contributed by atoms with Crippen LogP contribution in [-0.4, -0.2) is 23.1 Å². The van der Waals surface area contributed by atoms with Gasteiger partial charge in [0.15, 0.2) is 0 Å². The van der Waals surface area contributed by atoms with Crippen LogP contribution in [0, 0.1) is 18.3 Å². The highest BCUT2D eigenvalue weighted by Crippen LogP contribution is 2.39. The zero-order valence-electron chi connectivity index (χ0n) is 13.8. The summed E-state index contributed by atoms with van der Waals surface area (Å²) in [6.45, 7) is 11.6. The van der Waals surface area contributed by atoms with Crippen LogP contribution in [0.2, 0.25) is 0 Å². The highest BCUT2D eigenvalue weighted by Gasteiger charge is 2.33. The summed E-state index contributed by atoms with van der Waals surface area (Å²) >= 11 is 1.80. The van der Waals surface area contributed by atoms with Gasteiger partial charge in [0.05, 0.1) is 0 Å². The van der Waals surface area contributed by atoms with E-state index in [2.05, 4.69) is 27.7 Å². The van der Waals surface area contributed by atoms with Gasteiger partial charge in [-0.3, -0.25) is 4.79 Å². The van der Waals surface area contributed by atoms with Gasteiger partial charge >= 0.3 is 0 Å². The Labute approximate surface area is 132 Å². The van der Waals surface area contributed by atoms with E-state index >= 15 is 0 Å². The third-order valence-corrected chi connectivity index (χ3v) is 4.92. The van der Waals surface area contributed by atoms with Crippen molar-refractivity contribution in [2.45, 2.75) is 52.8 Å². The van der Waals surface area contributed by atoms with Crippen LogP contribution in [0.4, 0.5) is 0 Å². The quantitative estimate of drug-likeness (QED) is 0.813. The molecule has 4 heteroatoms. The van der Waals surface area contributed by atoms with Crippen molar-refractivity contribution in [1.29, 1.82) is 0 Å². The molecule has 1 aromatic heterocycles. The van der Waals surface area contributed by atoms with Crippen LogP contribution >= 0.6 is 11.8 Å². The van der Waals surface area contributed by atoms with Gasteiger partial charge in [0.1, 0.15) is 16.9 Å². The van der Waals surface area contributed by atoms with E-state index in [9.17, 15) is 4.79 Å². The summed E-state index contributed by atoms with van der Waals surface area (Å²) < 4.78 is 5.72. The van der Waals surface area contributed by atoms with Gasteiger partial charge in [0.25, 0.3) is 0 Å². The molecule has 0 saturated carbocycles. The number of amides is 1. The van der Waals surface area contributed by atoms with Gasteiger partial charge in [-0.2, -0.15) is 0 Å². The van der Waals surface area contributed by atoms with E-state index in [0.717, 1.165) is 30.2 Å². The highest BCUT2D eigenvalue weighted by atomic mass is 32.2. The van der Waals surface area contributed by atoms with Gasteiger partial charge in [0.2, 0.25) is 5.91 Å². The lowest BCUT2D eigenvalue weighted by atomic mass is 9.84. The summed E-state index contributed by atoms with van der Waals surface area (Å²) in [7, 11) is 0. The van der Waals surface area contributed by atoms with Crippen molar-refractivity contribution < 1.29 is 9.21 Å². The maximum absolute atomic E-state index is 12.6. The molecule has 0 N–H and O–H groups in total. The van der Waals surface area contributed by atoms with Gasteiger partial charge in [0, 0.05) is 18.7 Å². The van der Waals surface area contributed by atoms with E-state index in [4.69, 9.17) is 4.42 Å². The van der Waals surface area contributed by atoms with E-state index in [1.165, 1.54) is 0 Å². The molecule has 2 atom stereocenters. The van der Waals surface area contributed by atoms with Crippen molar-refractivity contribution in [3.05, 3.63) is 23.7 Å². The standard InChI is InChI=1S/C17H27NO2S/c1-12(11-17(3,4)5)10-15(19)18-8-9-21-16(18)14-7-6-13(2)20-14/h6-7,12,16H,8-11H2,1-5H3/t12-,16+/m0/s1. The summed E-state index contributed by atoms with van der Waals surface area (Å²) in [4.78, 5) is 14.6. The molecule has 0 radical (unpaired) electrons. The Hall–Kier alpha value is -0.900. The first-order valence-corrected chi connectivity index (χ1v) is 8.78. The fourth-order valence-corrected chi connectivity index (χ4v) is 4.30. The van der Waals surface area contributed by atoms with Crippen LogP contribution in [0.3, 0.4) is 0 Å². The Morgan fingerprint density at radius 1 is 1.48 bits per heavy atom. The minimum Gasteiger partial charge on any atom is -0.463 e. The molecule has 1 aliphatic heterocycles. The van der Waals surface area contributed by atoms with Crippen molar-refractivity contribution >= 4 is 17.7 Å². The molecule has 2 heterocycles. The third-order valence-electron chi connectivity index (χ3n) is 3.70. The molecule has 0 aromatic carbocycles. The zero-order chi connectivity index (χ0) is 15.6. The van der Waals surface area contributed by atoms with Gasteiger partial charge in [-0.1, -0.05) is 27.7 Å². The molecular formula is C17H27NO2S. The van der Waals surface area contributed by atoms with Crippen LogP contribution in [-0.2, 0) is 4.79 Å². The molecule has 0 spiro atoms. The monoisotopic (exact) mass is 309 g/mol. The molecule has 1 fully saturated rings. The fraction of sp³-hybridized carbons (Fsp3) is 0.706. The highest BCUT2D eigenvalue weighted by molar-refractivity contribution is 7.99. The largest absolute Gasteiger partial charge is 0.463 e. The van der Waals surface area contributed by atoms with Gasteiger partial charge in [-0.15, -0.1) is 11.8 Å². The molecule has 0 unspecified atom stereocenters. The van der Waals surface area contributed by atoms with Crippen LogP contribution < -0.4 is 0 Å². The first-order valence-electron chi connectivity index (χ1n) is 7.74. The molecule has 3 nitrogen and oxygen atoms in total. The predicted molar refractivity (Wildman–Crippen MR) is 88.2 cm³/mol. The lowest BCUT2D eigenvalue weighted by Crippen LogP contribution is -2.31. The number of aryl methyl sites for hydroxylation is 1. The Kier molecular flexibility index (Phi) is 5.07. The Bertz CT molecular complexity index is 489. The molecule has 1 aliphatic rings. The maximum atomic E-state index is 12.6. The molecule has 1 saturated heterocycles. The predicted octanol–water partition coefficient (Wildman–Crippen LogP) is 4.62. The van der Waals surface area contributed by atoms with Crippen molar-refractivity contribution in [2.75, 3.05) is 12.3 Å². The van der Waals surface area contributed by atoms with Crippen LogP contribution in [0.5, 0.6) is 0 Å². The van der Waals surface area contributed by atoms with Crippen molar-refractivity contribution in [2.24, 2.45) is 11.3 Å². The summed E-state index contributed by atoms with van der Waals surface area (Å²) in [6.07, 6.45) is 1.71. The molecule has 0 bridgehead atoms. The topological polar surface area (TPSA) is 33.5 Å². The summed E-state index contributed by atoms with van der Waals surface area (Å²) in [6, 6.07) is 3.97. The van der Waals surface area contributed by atoms with Crippen LogP contribution in [0.1, 0.15) is 57.4 Å². The van der Waals surface area contributed by atoms with Crippen LogP contribution in [0.15, 0.2) is 16.5 Å². The van der Waals surface area contributed by atoms with E-state index in [-0.39, 0.29) is 16.7 Å². The summed E-state index contributed by atoms with van der Waals surface area (Å²) in [5.41, 5.74) is 0.275. The van der Waals surface area contributed by atoms with E-state index in [1.54, 1.807) is 11.8 Å². The number of nitrogens with zero attached hydrogens (tertiary/aromatic N) is 1. The fourth-order valence-electron chi connectivity index (χ4n) is 3.08. The first-order chi connectivity index (χ1) is 9.76. The number of carbonyl (C=O) groups excluding carboxylic acids is 1. The number of hydrogen-bond donors (Lipinski definition) is 0. The summed E-state index contributed by atoms with van der Waals surface area (Å²) in [5, 5.41) is 0.0630. The molecular weight excluding hydrogens is 282 g/mol. The van der Waals surface area contributed by atoms with Crippen molar-refractivity contribution in [1.82, 2.24) is 4.90 Å². The molecule has 0 aliphatic carbocycles. The van der Waals surface area contributed by atoms with E-state index in [1.807, 2.05) is 24.0 Å². The summed E-state index contributed by atoms with van der Waals surface area (Å²) in [5.74, 6) is 3.49. The zero-order valence-corrected chi connectivity index (χ0v) is 14.6. The molecule has 1 amide bonds.